The molecule has 0 spiro atoms. The molecule has 0 aliphatic carbocycles. The average molecular weight is 226 g/mol. The minimum atomic E-state index is 0.331. The third-order valence-corrected chi connectivity index (χ3v) is 3.18. The summed E-state index contributed by atoms with van der Waals surface area (Å²) < 4.78 is 0. The molecular weight excluding hydrogens is 200 g/mol. The zero-order valence-electron chi connectivity index (χ0n) is 11.1. The monoisotopic (exact) mass is 226 g/mol. The van der Waals surface area contributed by atoms with Crippen LogP contribution >= 0.6 is 0 Å². The predicted molar refractivity (Wildman–Crippen MR) is 67.3 cm³/mol. The minimum Gasteiger partial charge on any atom is -0.338 e. The molecule has 94 valence electrons. The first-order chi connectivity index (χ1) is 7.52. The van der Waals surface area contributed by atoms with Crippen molar-refractivity contribution in [1.29, 1.82) is 0 Å². The van der Waals surface area contributed by atoms with Crippen molar-refractivity contribution in [2.45, 2.75) is 46.6 Å². The SMILES string of the molecule is CC(C)CC(=O)N1CCCNCC1C(C)C. The van der Waals surface area contributed by atoms with E-state index in [2.05, 4.69) is 37.9 Å². The van der Waals surface area contributed by atoms with Crippen molar-refractivity contribution in [3.63, 3.8) is 0 Å². The zero-order chi connectivity index (χ0) is 12.1. The molecule has 0 aromatic carbocycles. The summed E-state index contributed by atoms with van der Waals surface area (Å²) in [4.78, 5) is 14.3. The summed E-state index contributed by atoms with van der Waals surface area (Å²) in [6, 6.07) is 0.369. The Bertz CT molecular complexity index is 226. The number of rotatable bonds is 3. The van der Waals surface area contributed by atoms with E-state index in [4.69, 9.17) is 0 Å². The van der Waals surface area contributed by atoms with E-state index in [0.717, 1.165) is 26.1 Å². The van der Waals surface area contributed by atoms with E-state index in [9.17, 15) is 4.79 Å². The van der Waals surface area contributed by atoms with Crippen molar-refractivity contribution in [3.8, 4) is 0 Å². The maximum atomic E-state index is 12.2. The zero-order valence-corrected chi connectivity index (χ0v) is 11.1. The van der Waals surface area contributed by atoms with E-state index in [1.54, 1.807) is 0 Å². The van der Waals surface area contributed by atoms with Gasteiger partial charge < -0.3 is 10.2 Å². The lowest BCUT2D eigenvalue weighted by Gasteiger charge is -2.33. The number of nitrogens with one attached hydrogen (secondary N) is 1. The Morgan fingerprint density at radius 2 is 2.06 bits per heavy atom. The lowest BCUT2D eigenvalue weighted by Crippen LogP contribution is -2.46. The van der Waals surface area contributed by atoms with Gasteiger partial charge in [-0.05, 0) is 24.8 Å². The molecule has 0 aromatic rings. The molecule has 1 aliphatic rings. The highest BCUT2D eigenvalue weighted by molar-refractivity contribution is 5.76. The lowest BCUT2D eigenvalue weighted by molar-refractivity contribution is -0.134. The van der Waals surface area contributed by atoms with Gasteiger partial charge in [-0.15, -0.1) is 0 Å². The Morgan fingerprint density at radius 1 is 1.38 bits per heavy atom. The Kier molecular flexibility index (Phi) is 5.26. The smallest absolute Gasteiger partial charge is 0.223 e. The Labute approximate surface area is 99.6 Å². The Balaban J connectivity index is 2.67. The average Bonchev–Trinajstić information content (AvgIpc) is 2.40. The lowest BCUT2D eigenvalue weighted by atomic mass is 10.0. The topological polar surface area (TPSA) is 32.3 Å². The second kappa shape index (κ2) is 6.24. The van der Waals surface area contributed by atoms with Gasteiger partial charge in [0.15, 0.2) is 0 Å². The molecule has 1 aliphatic heterocycles. The molecule has 1 rings (SSSR count). The number of nitrogens with zero attached hydrogens (tertiary/aromatic N) is 1. The van der Waals surface area contributed by atoms with E-state index in [1.807, 2.05) is 0 Å². The minimum absolute atomic E-state index is 0.331. The van der Waals surface area contributed by atoms with E-state index in [-0.39, 0.29) is 0 Å². The van der Waals surface area contributed by atoms with Crippen LogP contribution in [-0.4, -0.2) is 36.5 Å². The van der Waals surface area contributed by atoms with Gasteiger partial charge in [-0.3, -0.25) is 4.79 Å². The van der Waals surface area contributed by atoms with Crippen LogP contribution in [0.3, 0.4) is 0 Å². The van der Waals surface area contributed by atoms with Crippen LogP contribution in [0.1, 0.15) is 40.5 Å². The van der Waals surface area contributed by atoms with Crippen molar-refractivity contribution in [1.82, 2.24) is 10.2 Å². The first-order valence-corrected chi connectivity index (χ1v) is 6.52. The van der Waals surface area contributed by atoms with Crippen LogP contribution in [0.5, 0.6) is 0 Å². The van der Waals surface area contributed by atoms with Crippen molar-refractivity contribution < 1.29 is 4.79 Å². The second-order valence-corrected chi connectivity index (χ2v) is 5.55. The molecule has 3 nitrogen and oxygen atoms in total. The molecule has 0 aromatic heterocycles. The van der Waals surface area contributed by atoms with Crippen molar-refractivity contribution in [2.75, 3.05) is 19.6 Å². The summed E-state index contributed by atoms with van der Waals surface area (Å²) in [5.41, 5.74) is 0. The summed E-state index contributed by atoms with van der Waals surface area (Å²) in [5.74, 6) is 1.32. The van der Waals surface area contributed by atoms with E-state index >= 15 is 0 Å². The summed E-state index contributed by atoms with van der Waals surface area (Å²) in [5, 5.41) is 3.42. The van der Waals surface area contributed by atoms with Gasteiger partial charge in [-0.2, -0.15) is 0 Å². The van der Waals surface area contributed by atoms with E-state index in [1.165, 1.54) is 0 Å². The van der Waals surface area contributed by atoms with Crippen molar-refractivity contribution >= 4 is 5.91 Å². The molecule has 16 heavy (non-hydrogen) atoms. The van der Waals surface area contributed by atoms with Gasteiger partial charge in [0.2, 0.25) is 5.91 Å². The summed E-state index contributed by atoms with van der Waals surface area (Å²) in [6.07, 6.45) is 1.76. The van der Waals surface area contributed by atoms with E-state index in [0.29, 0.717) is 30.2 Å². The maximum Gasteiger partial charge on any atom is 0.223 e. The predicted octanol–water partition coefficient (Wildman–Crippen LogP) is 1.88. The molecular formula is C13H26N2O. The number of carbonyl (C=O) groups is 1. The normalized spacial score (nSPS) is 22.6. The molecule has 1 unspecified atom stereocenters. The van der Waals surface area contributed by atoms with Crippen LogP contribution in [0.2, 0.25) is 0 Å². The van der Waals surface area contributed by atoms with Crippen molar-refractivity contribution in [3.05, 3.63) is 0 Å². The standard InChI is InChI=1S/C13H26N2O/c1-10(2)8-13(16)15-7-5-6-14-9-12(15)11(3)4/h10-12,14H,5-9H2,1-4H3. The van der Waals surface area contributed by atoms with Crippen LogP contribution in [-0.2, 0) is 4.79 Å². The number of hydrogen-bond acceptors (Lipinski definition) is 2. The molecule has 0 bridgehead atoms. The van der Waals surface area contributed by atoms with E-state index < -0.39 is 0 Å². The van der Waals surface area contributed by atoms with Gasteiger partial charge in [0.1, 0.15) is 0 Å². The van der Waals surface area contributed by atoms with Gasteiger partial charge in [0.25, 0.3) is 0 Å². The van der Waals surface area contributed by atoms with Gasteiger partial charge in [-0.1, -0.05) is 27.7 Å². The molecule has 1 saturated heterocycles. The van der Waals surface area contributed by atoms with Crippen LogP contribution in [0, 0.1) is 11.8 Å². The fourth-order valence-corrected chi connectivity index (χ4v) is 2.27. The van der Waals surface area contributed by atoms with Gasteiger partial charge >= 0.3 is 0 Å². The van der Waals surface area contributed by atoms with Crippen LogP contribution < -0.4 is 5.32 Å². The van der Waals surface area contributed by atoms with Gasteiger partial charge in [0.05, 0.1) is 0 Å². The highest BCUT2D eigenvalue weighted by Crippen LogP contribution is 2.16. The van der Waals surface area contributed by atoms with Crippen LogP contribution in [0.4, 0.5) is 0 Å². The molecule has 1 heterocycles. The molecule has 1 amide bonds. The first-order valence-electron chi connectivity index (χ1n) is 6.52. The first kappa shape index (κ1) is 13.5. The Morgan fingerprint density at radius 3 is 2.62 bits per heavy atom. The van der Waals surface area contributed by atoms with Crippen LogP contribution in [0.15, 0.2) is 0 Å². The highest BCUT2D eigenvalue weighted by atomic mass is 16.2. The highest BCUT2D eigenvalue weighted by Gasteiger charge is 2.27. The number of amides is 1. The number of carbonyl (C=O) groups excluding carboxylic acids is 1. The molecule has 1 fully saturated rings. The quantitative estimate of drug-likeness (QED) is 0.797. The fraction of sp³-hybridized carbons (Fsp3) is 0.923. The fourth-order valence-electron chi connectivity index (χ4n) is 2.27. The summed E-state index contributed by atoms with van der Waals surface area (Å²) in [7, 11) is 0. The summed E-state index contributed by atoms with van der Waals surface area (Å²) >= 11 is 0. The molecule has 0 radical (unpaired) electrons. The van der Waals surface area contributed by atoms with Crippen molar-refractivity contribution in [2.24, 2.45) is 11.8 Å². The second-order valence-electron chi connectivity index (χ2n) is 5.55. The molecule has 1 atom stereocenters. The molecule has 3 heteroatoms. The largest absolute Gasteiger partial charge is 0.338 e. The summed E-state index contributed by atoms with van der Waals surface area (Å²) in [6.45, 7) is 11.5. The number of hydrogen-bond donors (Lipinski definition) is 1. The van der Waals surface area contributed by atoms with Crippen LogP contribution in [0.25, 0.3) is 0 Å². The molecule has 1 N–H and O–H groups in total. The van der Waals surface area contributed by atoms with Gasteiger partial charge in [0, 0.05) is 25.6 Å². The Hall–Kier alpha value is -0.570. The molecule has 0 saturated carbocycles. The maximum absolute atomic E-state index is 12.2. The third-order valence-electron chi connectivity index (χ3n) is 3.18. The van der Waals surface area contributed by atoms with Gasteiger partial charge in [-0.25, -0.2) is 0 Å². The third kappa shape index (κ3) is 3.78.